The normalized spacial score (nSPS) is 10.3. The molecule has 2 aromatic rings. The molecule has 0 aromatic heterocycles. The van der Waals surface area contributed by atoms with E-state index >= 15 is 0 Å². The molecule has 0 radical (unpaired) electrons. The molecule has 29 heavy (non-hydrogen) atoms. The Bertz CT molecular complexity index is 777. The van der Waals surface area contributed by atoms with Crippen LogP contribution >= 0.6 is 0 Å². The summed E-state index contributed by atoms with van der Waals surface area (Å²) >= 11 is 0. The first kappa shape index (κ1) is 22.2. The van der Waals surface area contributed by atoms with Gasteiger partial charge in [-0.25, -0.2) is 4.79 Å². The summed E-state index contributed by atoms with van der Waals surface area (Å²) in [6.07, 6.45) is 0.771. The van der Waals surface area contributed by atoms with Gasteiger partial charge < -0.3 is 24.8 Å². The number of hydrogen-bond donors (Lipinski definition) is 2. The summed E-state index contributed by atoms with van der Waals surface area (Å²) in [6, 6.07) is 14.0. The van der Waals surface area contributed by atoms with Gasteiger partial charge in [0, 0.05) is 12.3 Å². The molecular weight excluding hydrogens is 372 g/mol. The van der Waals surface area contributed by atoms with Gasteiger partial charge in [0.05, 0.1) is 31.0 Å². The van der Waals surface area contributed by atoms with E-state index in [0.717, 1.165) is 12.1 Å². The van der Waals surface area contributed by atoms with Crippen molar-refractivity contribution in [2.24, 2.45) is 0 Å². The molecule has 0 atom stereocenters. The molecule has 0 saturated carbocycles. The van der Waals surface area contributed by atoms with E-state index in [4.69, 9.17) is 14.2 Å². The molecule has 0 fully saturated rings. The van der Waals surface area contributed by atoms with Gasteiger partial charge in [0.25, 0.3) is 0 Å². The summed E-state index contributed by atoms with van der Waals surface area (Å²) in [7, 11) is 0. The number of ether oxygens (including phenoxy) is 3. The first-order chi connectivity index (χ1) is 14.1. The van der Waals surface area contributed by atoms with Gasteiger partial charge in [0.1, 0.15) is 12.4 Å². The number of para-hydroxylation sites is 2. The molecule has 156 valence electrons. The SMILES string of the molecule is CCCOC(=O)c1ccc(NC(=O)CNc2ccccc2OCCOCC)cc1. The Kier molecular flexibility index (Phi) is 9.51. The Labute approximate surface area is 171 Å². The highest BCUT2D eigenvalue weighted by molar-refractivity contribution is 5.95. The second-order valence-corrected chi connectivity index (χ2v) is 6.16. The van der Waals surface area contributed by atoms with E-state index < -0.39 is 0 Å². The van der Waals surface area contributed by atoms with Crippen LogP contribution in [-0.2, 0) is 14.3 Å². The third-order valence-corrected chi connectivity index (χ3v) is 3.86. The van der Waals surface area contributed by atoms with Crippen molar-refractivity contribution in [3.63, 3.8) is 0 Å². The van der Waals surface area contributed by atoms with Crippen molar-refractivity contribution in [1.29, 1.82) is 0 Å². The summed E-state index contributed by atoms with van der Waals surface area (Å²) in [4.78, 5) is 24.0. The van der Waals surface area contributed by atoms with Crippen molar-refractivity contribution >= 4 is 23.3 Å². The Balaban J connectivity index is 1.83. The average molecular weight is 400 g/mol. The maximum Gasteiger partial charge on any atom is 0.338 e. The van der Waals surface area contributed by atoms with Crippen molar-refractivity contribution in [2.75, 3.05) is 43.6 Å². The monoisotopic (exact) mass is 400 g/mol. The summed E-state index contributed by atoms with van der Waals surface area (Å²) < 4.78 is 16.0. The lowest BCUT2D eigenvalue weighted by Crippen LogP contribution is -2.22. The Morgan fingerprint density at radius 3 is 2.41 bits per heavy atom. The first-order valence-corrected chi connectivity index (χ1v) is 9.74. The largest absolute Gasteiger partial charge is 0.489 e. The van der Waals surface area contributed by atoms with Gasteiger partial charge in [0.15, 0.2) is 0 Å². The van der Waals surface area contributed by atoms with Crippen molar-refractivity contribution in [3.8, 4) is 5.75 Å². The minimum atomic E-state index is -0.368. The summed E-state index contributed by atoms with van der Waals surface area (Å²) in [5, 5.41) is 5.86. The third kappa shape index (κ3) is 7.83. The van der Waals surface area contributed by atoms with E-state index in [1.165, 1.54) is 0 Å². The highest BCUT2D eigenvalue weighted by Gasteiger charge is 2.09. The number of amides is 1. The molecule has 0 spiro atoms. The van der Waals surface area contributed by atoms with Crippen LogP contribution in [0.1, 0.15) is 30.6 Å². The van der Waals surface area contributed by atoms with Crippen LogP contribution in [0.15, 0.2) is 48.5 Å². The number of anilines is 2. The van der Waals surface area contributed by atoms with Crippen LogP contribution in [0.4, 0.5) is 11.4 Å². The summed E-state index contributed by atoms with van der Waals surface area (Å²) in [5.74, 6) is 0.0812. The Morgan fingerprint density at radius 2 is 1.69 bits per heavy atom. The summed E-state index contributed by atoms with van der Waals surface area (Å²) in [5.41, 5.74) is 1.78. The number of rotatable bonds is 12. The molecule has 0 aliphatic rings. The van der Waals surface area contributed by atoms with Crippen LogP contribution in [-0.4, -0.2) is 44.8 Å². The van der Waals surface area contributed by atoms with Gasteiger partial charge in [-0.05, 0) is 49.7 Å². The van der Waals surface area contributed by atoms with Crippen molar-refractivity contribution in [3.05, 3.63) is 54.1 Å². The fourth-order valence-electron chi connectivity index (χ4n) is 2.44. The second-order valence-electron chi connectivity index (χ2n) is 6.16. The maximum absolute atomic E-state index is 12.2. The van der Waals surface area contributed by atoms with E-state index in [2.05, 4.69) is 10.6 Å². The molecule has 0 aliphatic carbocycles. The molecule has 2 rings (SSSR count). The molecule has 0 aliphatic heterocycles. The van der Waals surface area contributed by atoms with Crippen LogP contribution in [0.5, 0.6) is 5.75 Å². The molecule has 1 amide bonds. The topological polar surface area (TPSA) is 85.9 Å². The molecule has 0 saturated heterocycles. The minimum absolute atomic E-state index is 0.0755. The van der Waals surface area contributed by atoms with Crippen LogP contribution in [0, 0.1) is 0 Å². The van der Waals surface area contributed by atoms with Crippen LogP contribution in [0.3, 0.4) is 0 Å². The zero-order chi connectivity index (χ0) is 20.9. The molecule has 7 heteroatoms. The highest BCUT2D eigenvalue weighted by Crippen LogP contribution is 2.23. The molecule has 0 bridgehead atoms. The standard InChI is InChI=1S/C22H28N2O5/c1-3-13-29-22(26)17-9-11-18(12-10-17)24-21(25)16-23-19-7-5-6-8-20(19)28-15-14-27-4-2/h5-12,23H,3-4,13-16H2,1-2H3,(H,24,25). The fraction of sp³-hybridized carbons (Fsp3) is 0.364. The van der Waals surface area contributed by atoms with E-state index in [1.54, 1.807) is 24.3 Å². The molecule has 0 heterocycles. The lowest BCUT2D eigenvalue weighted by molar-refractivity contribution is -0.114. The van der Waals surface area contributed by atoms with Crippen molar-refractivity contribution in [2.45, 2.75) is 20.3 Å². The number of nitrogens with one attached hydrogen (secondary N) is 2. The van der Waals surface area contributed by atoms with Gasteiger partial charge >= 0.3 is 5.97 Å². The molecule has 0 unspecified atom stereocenters. The predicted octanol–water partition coefficient (Wildman–Crippen LogP) is 3.72. The highest BCUT2D eigenvalue weighted by atomic mass is 16.5. The quantitative estimate of drug-likeness (QED) is 0.417. The number of benzene rings is 2. The first-order valence-electron chi connectivity index (χ1n) is 9.74. The predicted molar refractivity (Wildman–Crippen MR) is 113 cm³/mol. The van der Waals surface area contributed by atoms with Gasteiger partial charge in [-0.1, -0.05) is 19.1 Å². The average Bonchev–Trinajstić information content (AvgIpc) is 2.75. The van der Waals surface area contributed by atoms with Crippen LogP contribution in [0.2, 0.25) is 0 Å². The third-order valence-electron chi connectivity index (χ3n) is 3.86. The van der Waals surface area contributed by atoms with Gasteiger partial charge in [0.2, 0.25) is 5.91 Å². The maximum atomic E-state index is 12.2. The zero-order valence-electron chi connectivity index (χ0n) is 16.9. The molecule has 2 N–H and O–H groups in total. The smallest absolute Gasteiger partial charge is 0.338 e. The fourth-order valence-corrected chi connectivity index (χ4v) is 2.44. The van der Waals surface area contributed by atoms with E-state index in [9.17, 15) is 9.59 Å². The van der Waals surface area contributed by atoms with E-state index in [-0.39, 0.29) is 18.4 Å². The van der Waals surface area contributed by atoms with Gasteiger partial charge in [-0.2, -0.15) is 0 Å². The number of carbonyl (C=O) groups is 2. The second kappa shape index (κ2) is 12.4. The van der Waals surface area contributed by atoms with Crippen LogP contribution < -0.4 is 15.4 Å². The molecule has 7 nitrogen and oxygen atoms in total. The lowest BCUT2D eigenvalue weighted by Gasteiger charge is -2.13. The van der Waals surface area contributed by atoms with Gasteiger partial charge in [-0.15, -0.1) is 0 Å². The van der Waals surface area contributed by atoms with E-state index in [1.807, 2.05) is 38.1 Å². The van der Waals surface area contributed by atoms with Gasteiger partial charge in [-0.3, -0.25) is 4.79 Å². The minimum Gasteiger partial charge on any atom is -0.489 e. The number of esters is 1. The Morgan fingerprint density at radius 1 is 0.931 bits per heavy atom. The number of carbonyl (C=O) groups excluding carboxylic acids is 2. The summed E-state index contributed by atoms with van der Waals surface area (Å²) in [6.45, 7) is 5.92. The Hall–Kier alpha value is -3.06. The number of hydrogen-bond acceptors (Lipinski definition) is 6. The molecular formula is C22H28N2O5. The van der Waals surface area contributed by atoms with Crippen molar-refractivity contribution in [1.82, 2.24) is 0 Å². The van der Waals surface area contributed by atoms with Crippen LogP contribution in [0.25, 0.3) is 0 Å². The zero-order valence-corrected chi connectivity index (χ0v) is 16.9. The lowest BCUT2D eigenvalue weighted by atomic mass is 10.2. The van der Waals surface area contributed by atoms with Crippen molar-refractivity contribution < 1.29 is 23.8 Å². The van der Waals surface area contributed by atoms with E-state index in [0.29, 0.717) is 43.4 Å². The molecule has 2 aromatic carbocycles.